The number of carbonyl (C=O) groups is 1. The molecule has 130 valence electrons. The van der Waals surface area contributed by atoms with Gasteiger partial charge in [0.15, 0.2) is 5.78 Å². The highest BCUT2D eigenvalue weighted by Gasteiger charge is 2.28. The Kier molecular flexibility index (Phi) is 6.44. The Morgan fingerprint density at radius 1 is 0.957 bits per heavy atom. The van der Waals surface area contributed by atoms with E-state index in [4.69, 9.17) is 4.74 Å². The van der Waals surface area contributed by atoms with Gasteiger partial charge in [0.2, 0.25) is 0 Å². The Labute approximate surface area is 142 Å². The van der Waals surface area contributed by atoms with Crippen LogP contribution >= 0.6 is 0 Å². The Morgan fingerprint density at radius 3 is 1.78 bits per heavy atom. The van der Waals surface area contributed by atoms with Gasteiger partial charge < -0.3 is 4.74 Å². The highest BCUT2D eigenvalue weighted by atomic mass is 16.5. The Bertz CT molecular complexity index is 507. The number of ether oxygens (including phenoxy) is 1. The quantitative estimate of drug-likeness (QED) is 0.596. The van der Waals surface area contributed by atoms with E-state index in [9.17, 15) is 4.79 Å². The van der Waals surface area contributed by atoms with E-state index >= 15 is 0 Å². The molecule has 0 heterocycles. The minimum atomic E-state index is -0.0639. The number of unbranched alkanes of at least 4 members (excludes halogenated alkanes) is 1. The molecule has 0 N–H and O–H groups in total. The molecule has 0 atom stereocenters. The molecule has 0 aromatic heterocycles. The van der Waals surface area contributed by atoms with E-state index in [1.807, 2.05) is 6.92 Å². The Morgan fingerprint density at radius 2 is 1.43 bits per heavy atom. The fourth-order valence-corrected chi connectivity index (χ4v) is 2.69. The molecule has 2 heteroatoms. The zero-order valence-electron chi connectivity index (χ0n) is 16.3. The van der Waals surface area contributed by atoms with Crippen LogP contribution in [0.2, 0.25) is 0 Å². The molecule has 23 heavy (non-hydrogen) atoms. The SMILES string of the molecule is CCCCC(=O)c1cc(C(C)(C)C)c(OCC)c(C(C)(C)C)c1. The van der Waals surface area contributed by atoms with Gasteiger partial charge in [-0.25, -0.2) is 0 Å². The molecule has 0 radical (unpaired) electrons. The van der Waals surface area contributed by atoms with Crippen LogP contribution in [0.4, 0.5) is 0 Å². The maximum atomic E-state index is 12.6. The Hall–Kier alpha value is -1.31. The van der Waals surface area contributed by atoms with Gasteiger partial charge in [-0.3, -0.25) is 4.79 Å². The summed E-state index contributed by atoms with van der Waals surface area (Å²) in [6.07, 6.45) is 2.61. The molecule has 1 rings (SSSR count). The summed E-state index contributed by atoms with van der Waals surface area (Å²) in [6, 6.07) is 4.11. The van der Waals surface area contributed by atoms with E-state index in [1.165, 1.54) is 0 Å². The van der Waals surface area contributed by atoms with Crippen molar-refractivity contribution in [1.29, 1.82) is 0 Å². The summed E-state index contributed by atoms with van der Waals surface area (Å²) in [5.74, 6) is 1.20. The maximum Gasteiger partial charge on any atom is 0.162 e. The monoisotopic (exact) mass is 318 g/mol. The summed E-state index contributed by atoms with van der Waals surface area (Å²) in [5.41, 5.74) is 2.96. The van der Waals surface area contributed by atoms with Crippen LogP contribution in [0.15, 0.2) is 12.1 Å². The molecular formula is C21H34O2. The van der Waals surface area contributed by atoms with Crippen LogP contribution in [0.5, 0.6) is 5.75 Å². The second kappa shape index (κ2) is 7.51. The zero-order chi connectivity index (χ0) is 17.8. The molecule has 1 aromatic carbocycles. The van der Waals surface area contributed by atoms with E-state index in [-0.39, 0.29) is 16.6 Å². The first-order valence-electron chi connectivity index (χ1n) is 8.87. The van der Waals surface area contributed by atoms with Crippen molar-refractivity contribution in [3.63, 3.8) is 0 Å². The van der Waals surface area contributed by atoms with Gasteiger partial charge in [0.1, 0.15) is 5.75 Å². The molecule has 0 saturated heterocycles. The summed E-state index contributed by atoms with van der Waals surface area (Å²) in [7, 11) is 0. The lowest BCUT2D eigenvalue weighted by Gasteiger charge is -2.30. The van der Waals surface area contributed by atoms with Gasteiger partial charge in [-0.05, 0) is 36.3 Å². The first kappa shape index (κ1) is 19.7. The van der Waals surface area contributed by atoms with Crippen molar-refractivity contribution in [2.24, 2.45) is 0 Å². The second-order valence-corrected chi connectivity index (χ2v) is 8.36. The van der Waals surface area contributed by atoms with Crippen LogP contribution in [0.1, 0.15) is 96.1 Å². The first-order valence-corrected chi connectivity index (χ1v) is 8.87. The molecule has 0 aliphatic rings. The highest BCUT2D eigenvalue weighted by Crippen LogP contribution is 2.41. The van der Waals surface area contributed by atoms with Gasteiger partial charge >= 0.3 is 0 Å². The molecule has 0 amide bonds. The van der Waals surface area contributed by atoms with E-state index in [0.717, 1.165) is 35.3 Å². The standard InChI is InChI=1S/C21H34O2/c1-9-11-12-18(22)15-13-16(20(3,4)5)19(23-10-2)17(14-15)21(6,7)8/h13-14H,9-12H2,1-8H3. The van der Waals surface area contributed by atoms with Gasteiger partial charge in [-0.15, -0.1) is 0 Å². The number of hydrogen-bond donors (Lipinski definition) is 0. The summed E-state index contributed by atoms with van der Waals surface area (Å²) in [6.45, 7) is 17.8. The molecule has 1 aromatic rings. The van der Waals surface area contributed by atoms with Crippen molar-refractivity contribution in [2.75, 3.05) is 6.61 Å². The van der Waals surface area contributed by atoms with Crippen LogP contribution in [-0.2, 0) is 10.8 Å². The lowest BCUT2D eigenvalue weighted by molar-refractivity contribution is 0.0979. The summed E-state index contributed by atoms with van der Waals surface area (Å²) < 4.78 is 6.03. The van der Waals surface area contributed by atoms with Crippen molar-refractivity contribution < 1.29 is 9.53 Å². The van der Waals surface area contributed by atoms with E-state index in [1.54, 1.807) is 0 Å². The second-order valence-electron chi connectivity index (χ2n) is 8.36. The zero-order valence-corrected chi connectivity index (χ0v) is 16.3. The topological polar surface area (TPSA) is 26.3 Å². The molecule has 0 bridgehead atoms. The molecular weight excluding hydrogens is 284 g/mol. The average molecular weight is 319 g/mol. The number of benzene rings is 1. The summed E-state index contributed by atoms with van der Waals surface area (Å²) in [5, 5.41) is 0. The van der Waals surface area contributed by atoms with Crippen molar-refractivity contribution in [3.05, 3.63) is 28.8 Å². The van der Waals surface area contributed by atoms with Crippen LogP contribution in [-0.4, -0.2) is 12.4 Å². The third kappa shape index (κ3) is 5.09. The van der Waals surface area contributed by atoms with Crippen LogP contribution in [0, 0.1) is 0 Å². The molecule has 0 saturated carbocycles. The molecule has 0 fully saturated rings. The number of ketones is 1. The average Bonchev–Trinajstić information content (AvgIpc) is 2.42. The fraction of sp³-hybridized carbons (Fsp3) is 0.667. The number of carbonyl (C=O) groups excluding carboxylic acids is 1. The third-order valence-electron chi connectivity index (χ3n) is 4.07. The molecule has 2 nitrogen and oxygen atoms in total. The summed E-state index contributed by atoms with van der Waals surface area (Å²) in [4.78, 5) is 12.6. The minimum Gasteiger partial charge on any atom is -0.493 e. The number of Topliss-reactive ketones (excluding diaryl/α,β-unsaturated/α-hetero) is 1. The van der Waals surface area contributed by atoms with Crippen molar-refractivity contribution in [2.45, 2.75) is 85.5 Å². The number of hydrogen-bond acceptors (Lipinski definition) is 2. The largest absolute Gasteiger partial charge is 0.493 e. The summed E-state index contributed by atoms with van der Waals surface area (Å²) >= 11 is 0. The minimum absolute atomic E-state index is 0.0639. The van der Waals surface area contributed by atoms with Crippen molar-refractivity contribution in [1.82, 2.24) is 0 Å². The molecule has 0 spiro atoms. The smallest absolute Gasteiger partial charge is 0.162 e. The molecule has 0 aliphatic heterocycles. The molecule has 0 unspecified atom stereocenters. The van der Waals surface area contributed by atoms with Crippen LogP contribution < -0.4 is 4.74 Å². The predicted molar refractivity (Wildman–Crippen MR) is 98.9 cm³/mol. The molecule has 0 aliphatic carbocycles. The first-order chi connectivity index (χ1) is 10.5. The van der Waals surface area contributed by atoms with Gasteiger partial charge in [-0.1, -0.05) is 54.9 Å². The lowest BCUT2D eigenvalue weighted by atomic mass is 9.77. The fourth-order valence-electron chi connectivity index (χ4n) is 2.69. The van der Waals surface area contributed by atoms with Gasteiger partial charge in [0.25, 0.3) is 0 Å². The van der Waals surface area contributed by atoms with Crippen LogP contribution in [0.3, 0.4) is 0 Å². The van der Waals surface area contributed by atoms with Gasteiger partial charge in [0.05, 0.1) is 6.61 Å². The van der Waals surface area contributed by atoms with E-state index < -0.39 is 0 Å². The van der Waals surface area contributed by atoms with Gasteiger partial charge in [0, 0.05) is 23.1 Å². The van der Waals surface area contributed by atoms with E-state index in [0.29, 0.717) is 13.0 Å². The van der Waals surface area contributed by atoms with E-state index in [2.05, 4.69) is 60.6 Å². The van der Waals surface area contributed by atoms with Crippen LogP contribution in [0.25, 0.3) is 0 Å². The number of rotatable bonds is 6. The third-order valence-corrected chi connectivity index (χ3v) is 4.07. The lowest BCUT2D eigenvalue weighted by Crippen LogP contribution is -2.21. The Balaban J connectivity index is 3.56. The maximum absolute atomic E-state index is 12.6. The predicted octanol–water partition coefficient (Wildman–Crippen LogP) is 6.05. The van der Waals surface area contributed by atoms with Gasteiger partial charge in [-0.2, -0.15) is 0 Å². The van der Waals surface area contributed by atoms with Crippen molar-refractivity contribution in [3.8, 4) is 5.75 Å². The normalized spacial score (nSPS) is 12.3. The highest BCUT2D eigenvalue weighted by molar-refractivity contribution is 5.96. The van der Waals surface area contributed by atoms with Crippen molar-refractivity contribution >= 4 is 5.78 Å².